The summed E-state index contributed by atoms with van der Waals surface area (Å²) in [4.78, 5) is 0. The van der Waals surface area contributed by atoms with Crippen molar-refractivity contribution in [3.8, 4) is 0 Å². The van der Waals surface area contributed by atoms with Crippen molar-refractivity contribution < 1.29 is 4.74 Å². The van der Waals surface area contributed by atoms with E-state index in [0.29, 0.717) is 0 Å². The molecule has 0 aromatic heterocycles. The maximum Gasteiger partial charge on any atom is 0.0466 e. The molecule has 152 valence electrons. The molecule has 25 heavy (non-hydrogen) atoms. The molecule has 0 rings (SSSR count). The molecular weight excluding hydrogens is 304 g/mol. The van der Waals surface area contributed by atoms with Crippen LogP contribution in [0.4, 0.5) is 0 Å². The van der Waals surface area contributed by atoms with E-state index in [1.165, 1.54) is 128 Å². The fourth-order valence-electron chi connectivity index (χ4n) is 3.49. The molecule has 0 amide bonds. The van der Waals surface area contributed by atoms with Gasteiger partial charge < -0.3 is 4.74 Å². The molecule has 0 fully saturated rings. The average molecular weight is 355 g/mol. The third-order valence-corrected chi connectivity index (χ3v) is 5.28. The first kappa shape index (κ1) is 25.0. The van der Waals surface area contributed by atoms with Gasteiger partial charge in [-0.15, -0.1) is 0 Å². The Bertz CT molecular complexity index is 192. The fraction of sp³-hybridized carbons (Fsp3) is 1.00. The van der Waals surface area contributed by atoms with E-state index >= 15 is 0 Å². The fourth-order valence-corrected chi connectivity index (χ4v) is 3.49. The highest BCUT2D eigenvalue weighted by Crippen LogP contribution is 2.13. The van der Waals surface area contributed by atoms with Gasteiger partial charge in [-0.3, -0.25) is 0 Å². The highest BCUT2D eigenvalue weighted by Gasteiger charge is 1.95. The Hall–Kier alpha value is -0.0400. The predicted octanol–water partition coefficient (Wildman–Crippen LogP) is 8.84. The van der Waals surface area contributed by atoms with Gasteiger partial charge in [0.2, 0.25) is 0 Å². The standard InChI is InChI=1S/C24H50O/c1-3-5-7-9-11-12-13-14-15-16-17-18-20-22-24-25-23-21-19-10-8-6-4-2/h3-24H2,1-2H3. The quantitative estimate of drug-likeness (QED) is 0.176. The second-order valence-electron chi connectivity index (χ2n) is 7.98. The molecule has 0 saturated heterocycles. The normalized spacial score (nSPS) is 11.3. The minimum atomic E-state index is 0.991. The molecule has 0 N–H and O–H groups in total. The molecule has 0 aliphatic carbocycles. The Labute approximate surface area is 160 Å². The van der Waals surface area contributed by atoms with E-state index in [1.54, 1.807) is 0 Å². The van der Waals surface area contributed by atoms with E-state index in [2.05, 4.69) is 13.8 Å². The molecule has 1 heteroatoms. The Morgan fingerprint density at radius 1 is 0.320 bits per heavy atom. The summed E-state index contributed by atoms with van der Waals surface area (Å²) in [6.07, 6.45) is 28.2. The topological polar surface area (TPSA) is 9.23 Å². The van der Waals surface area contributed by atoms with Crippen LogP contribution in [0.15, 0.2) is 0 Å². The zero-order chi connectivity index (χ0) is 18.3. The summed E-state index contributed by atoms with van der Waals surface area (Å²) in [5.74, 6) is 0. The van der Waals surface area contributed by atoms with Crippen LogP contribution in [0.1, 0.15) is 142 Å². The zero-order valence-corrected chi connectivity index (χ0v) is 18.0. The third kappa shape index (κ3) is 24.0. The van der Waals surface area contributed by atoms with Crippen LogP contribution in [0.2, 0.25) is 0 Å². The van der Waals surface area contributed by atoms with Crippen molar-refractivity contribution in [2.45, 2.75) is 142 Å². The summed E-state index contributed by atoms with van der Waals surface area (Å²) in [6, 6.07) is 0. The molecule has 0 atom stereocenters. The number of hydrogen-bond donors (Lipinski definition) is 0. The summed E-state index contributed by atoms with van der Waals surface area (Å²) >= 11 is 0. The van der Waals surface area contributed by atoms with Crippen LogP contribution in [-0.4, -0.2) is 13.2 Å². The summed E-state index contributed by atoms with van der Waals surface area (Å²) in [5.41, 5.74) is 0. The van der Waals surface area contributed by atoms with Crippen LogP contribution < -0.4 is 0 Å². The van der Waals surface area contributed by atoms with Gasteiger partial charge in [-0.1, -0.05) is 129 Å². The lowest BCUT2D eigenvalue weighted by atomic mass is 10.0. The van der Waals surface area contributed by atoms with E-state index in [-0.39, 0.29) is 0 Å². The molecule has 0 aromatic carbocycles. The Kier molecular flexibility index (Phi) is 23.9. The van der Waals surface area contributed by atoms with E-state index in [4.69, 9.17) is 4.74 Å². The highest BCUT2D eigenvalue weighted by atomic mass is 16.5. The molecule has 0 aromatic rings. The van der Waals surface area contributed by atoms with Gasteiger partial charge >= 0.3 is 0 Å². The van der Waals surface area contributed by atoms with E-state index < -0.39 is 0 Å². The van der Waals surface area contributed by atoms with Gasteiger partial charge in [0, 0.05) is 13.2 Å². The smallest absolute Gasteiger partial charge is 0.0466 e. The Balaban J connectivity index is 2.94. The average Bonchev–Trinajstić information content (AvgIpc) is 2.63. The van der Waals surface area contributed by atoms with Crippen LogP contribution >= 0.6 is 0 Å². The summed E-state index contributed by atoms with van der Waals surface area (Å²) < 4.78 is 5.75. The van der Waals surface area contributed by atoms with Crippen LogP contribution in [-0.2, 0) is 4.74 Å². The van der Waals surface area contributed by atoms with Crippen molar-refractivity contribution in [1.29, 1.82) is 0 Å². The summed E-state index contributed by atoms with van der Waals surface area (Å²) in [6.45, 7) is 6.56. The monoisotopic (exact) mass is 354 g/mol. The van der Waals surface area contributed by atoms with Crippen LogP contribution in [0.5, 0.6) is 0 Å². The van der Waals surface area contributed by atoms with Crippen molar-refractivity contribution in [3.63, 3.8) is 0 Å². The number of rotatable bonds is 22. The van der Waals surface area contributed by atoms with Crippen molar-refractivity contribution >= 4 is 0 Å². The van der Waals surface area contributed by atoms with Crippen molar-refractivity contribution in [3.05, 3.63) is 0 Å². The molecule has 0 spiro atoms. The van der Waals surface area contributed by atoms with E-state index in [1.807, 2.05) is 0 Å². The lowest BCUT2D eigenvalue weighted by Gasteiger charge is -2.05. The zero-order valence-electron chi connectivity index (χ0n) is 18.0. The first-order valence-electron chi connectivity index (χ1n) is 12.0. The Morgan fingerprint density at radius 3 is 0.840 bits per heavy atom. The van der Waals surface area contributed by atoms with Gasteiger partial charge in [0.15, 0.2) is 0 Å². The molecule has 0 unspecified atom stereocenters. The minimum absolute atomic E-state index is 0.991. The molecule has 0 bridgehead atoms. The largest absolute Gasteiger partial charge is 0.381 e. The molecule has 0 aliphatic rings. The molecule has 0 radical (unpaired) electrons. The van der Waals surface area contributed by atoms with Crippen LogP contribution in [0.3, 0.4) is 0 Å². The number of hydrogen-bond acceptors (Lipinski definition) is 1. The molecule has 0 aliphatic heterocycles. The van der Waals surface area contributed by atoms with Crippen molar-refractivity contribution in [1.82, 2.24) is 0 Å². The maximum atomic E-state index is 5.75. The highest BCUT2D eigenvalue weighted by molar-refractivity contribution is 4.49. The SMILES string of the molecule is CCCCCCCCCCCCCCCCOCCCCCCCC. The first-order valence-corrected chi connectivity index (χ1v) is 12.0. The number of unbranched alkanes of at least 4 members (excludes halogenated alkanes) is 18. The van der Waals surface area contributed by atoms with Crippen LogP contribution in [0, 0.1) is 0 Å². The van der Waals surface area contributed by atoms with Crippen molar-refractivity contribution in [2.24, 2.45) is 0 Å². The predicted molar refractivity (Wildman–Crippen MR) is 115 cm³/mol. The van der Waals surface area contributed by atoms with Crippen LogP contribution in [0.25, 0.3) is 0 Å². The van der Waals surface area contributed by atoms with Gasteiger partial charge in [-0.25, -0.2) is 0 Å². The molecular formula is C24H50O. The first-order chi connectivity index (χ1) is 12.4. The van der Waals surface area contributed by atoms with Crippen molar-refractivity contribution in [2.75, 3.05) is 13.2 Å². The van der Waals surface area contributed by atoms with Gasteiger partial charge in [0.05, 0.1) is 0 Å². The van der Waals surface area contributed by atoms with Gasteiger partial charge in [-0.2, -0.15) is 0 Å². The Morgan fingerprint density at radius 2 is 0.560 bits per heavy atom. The second kappa shape index (κ2) is 24.0. The molecule has 0 saturated carbocycles. The summed E-state index contributed by atoms with van der Waals surface area (Å²) in [5, 5.41) is 0. The lowest BCUT2D eigenvalue weighted by molar-refractivity contribution is 0.125. The molecule has 0 heterocycles. The van der Waals surface area contributed by atoms with Gasteiger partial charge in [-0.05, 0) is 12.8 Å². The molecule has 1 nitrogen and oxygen atoms in total. The minimum Gasteiger partial charge on any atom is -0.381 e. The number of ether oxygens (including phenoxy) is 1. The third-order valence-electron chi connectivity index (χ3n) is 5.28. The van der Waals surface area contributed by atoms with Gasteiger partial charge in [0.25, 0.3) is 0 Å². The maximum absolute atomic E-state index is 5.75. The summed E-state index contributed by atoms with van der Waals surface area (Å²) in [7, 11) is 0. The lowest BCUT2D eigenvalue weighted by Crippen LogP contribution is -1.97. The van der Waals surface area contributed by atoms with Gasteiger partial charge in [0.1, 0.15) is 0 Å². The van der Waals surface area contributed by atoms with E-state index in [0.717, 1.165) is 13.2 Å². The second-order valence-corrected chi connectivity index (χ2v) is 7.98. The van der Waals surface area contributed by atoms with E-state index in [9.17, 15) is 0 Å².